The summed E-state index contributed by atoms with van der Waals surface area (Å²) >= 11 is 0. The van der Waals surface area contributed by atoms with Crippen LogP contribution >= 0.6 is 0 Å². The zero-order valence-corrected chi connectivity index (χ0v) is 14.0. The van der Waals surface area contributed by atoms with E-state index in [1.807, 2.05) is 12.1 Å². The first kappa shape index (κ1) is 19.0. The van der Waals surface area contributed by atoms with Crippen LogP contribution in [-0.4, -0.2) is 65.4 Å². The second kappa shape index (κ2) is 8.64. The van der Waals surface area contributed by atoms with Crippen LogP contribution in [0.5, 0.6) is 11.5 Å². The topological polar surface area (TPSA) is 109 Å². The Morgan fingerprint density at radius 1 is 1.12 bits per heavy atom. The molecule has 0 saturated carbocycles. The first-order valence-corrected chi connectivity index (χ1v) is 8.08. The summed E-state index contributed by atoms with van der Waals surface area (Å²) in [6.45, 7) is 1.42. The summed E-state index contributed by atoms with van der Waals surface area (Å²) in [6, 6.07) is 5.37. The molecule has 1 aromatic rings. The maximum atomic E-state index is 10.3. The lowest BCUT2D eigenvalue weighted by Gasteiger charge is -2.40. The van der Waals surface area contributed by atoms with Crippen molar-refractivity contribution < 1.29 is 34.6 Å². The van der Waals surface area contributed by atoms with Gasteiger partial charge in [0, 0.05) is 12.5 Å². The van der Waals surface area contributed by atoms with E-state index in [2.05, 4.69) is 0 Å². The largest absolute Gasteiger partial charge is 0.493 e. The molecule has 1 aromatic carbocycles. The number of methoxy groups -OCH3 is 1. The van der Waals surface area contributed by atoms with Gasteiger partial charge in [0.15, 0.2) is 11.5 Å². The molecule has 4 N–H and O–H groups in total. The molecule has 0 bridgehead atoms. The van der Waals surface area contributed by atoms with Crippen LogP contribution in [0.25, 0.3) is 0 Å². The minimum atomic E-state index is -1.04. The summed E-state index contributed by atoms with van der Waals surface area (Å²) in [4.78, 5) is 0. The number of benzene rings is 1. The number of aliphatic hydroxyl groups is 4. The van der Waals surface area contributed by atoms with Crippen molar-refractivity contribution >= 4 is 0 Å². The van der Waals surface area contributed by atoms with Gasteiger partial charge in [-0.05, 0) is 30.5 Å². The summed E-state index contributed by atoms with van der Waals surface area (Å²) in [6.07, 6.45) is -2.47. The van der Waals surface area contributed by atoms with Gasteiger partial charge in [0.2, 0.25) is 6.29 Å². The van der Waals surface area contributed by atoms with E-state index in [1.165, 1.54) is 7.11 Å². The highest BCUT2D eigenvalue weighted by Crippen LogP contribution is 2.33. The minimum Gasteiger partial charge on any atom is -0.493 e. The Bertz CT molecular complexity index is 520. The molecule has 24 heavy (non-hydrogen) atoms. The first-order chi connectivity index (χ1) is 11.5. The molecule has 1 aliphatic heterocycles. The normalized spacial score (nSPS) is 30.2. The van der Waals surface area contributed by atoms with Crippen molar-refractivity contribution in [2.75, 3.05) is 20.3 Å². The van der Waals surface area contributed by atoms with Crippen LogP contribution < -0.4 is 9.47 Å². The summed E-state index contributed by atoms with van der Waals surface area (Å²) in [7, 11) is 1.51. The van der Waals surface area contributed by atoms with Crippen LogP contribution in [0.2, 0.25) is 0 Å². The third-order valence-electron chi connectivity index (χ3n) is 4.32. The molecule has 5 atom stereocenters. The summed E-state index contributed by atoms with van der Waals surface area (Å²) < 4.78 is 16.5. The molecule has 0 amide bonds. The summed E-state index contributed by atoms with van der Waals surface area (Å²) in [5, 5.41) is 38.4. The first-order valence-electron chi connectivity index (χ1n) is 8.08. The van der Waals surface area contributed by atoms with Gasteiger partial charge in [-0.25, -0.2) is 0 Å². The molecule has 0 radical (unpaired) electrons. The van der Waals surface area contributed by atoms with E-state index in [9.17, 15) is 15.3 Å². The lowest BCUT2D eigenvalue weighted by molar-refractivity contribution is -0.261. The molecule has 0 aliphatic carbocycles. The van der Waals surface area contributed by atoms with Crippen molar-refractivity contribution in [3.8, 4) is 11.5 Å². The Labute approximate surface area is 141 Å². The lowest BCUT2D eigenvalue weighted by Crippen LogP contribution is -2.56. The average Bonchev–Trinajstić information content (AvgIpc) is 2.61. The molecule has 5 unspecified atom stereocenters. The van der Waals surface area contributed by atoms with Crippen LogP contribution in [0.4, 0.5) is 0 Å². The van der Waals surface area contributed by atoms with Gasteiger partial charge in [0.1, 0.15) is 12.2 Å². The molecular formula is C17H26O7. The van der Waals surface area contributed by atoms with Crippen molar-refractivity contribution in [2.45, 2.75) is 44.4 Å². The quantitative estimate of drug-likeness (QED) is 0.555. The third-order valence-corrected chi connectivity index (χ3v) is 4.32. The van der Waals surface area contributed by atoms with Crippen molar-refractivity contribution in [3.63, 3.8) is 0 Å². The van der Waals surface area contributed by atoms with Crippen LogP contribution in [0.15, 0.2) is 18.2 Å². The van der Waals surface area contributed by atoms with Gasteiger partial charge in [-0.15, -0.1) is 0 Å². The van der Waals surface area contributed by atoms with Crippen molar-refractivity contribution in [1.82, 2.24) is 0 Å². The average molecular weight is 342 g/mol. The highest BCUT2D eigenvalue weighted by Gasteiger charge is 2.43. The predicted molar refractivity (Wildman–Crippen MR) is 86.0 cm³/mol. The van der Waals surface area contributed by atoms with E-state index in [4.69, 9.17) is 19.3 Å². The van der Waals surface area contributed by atoms with Gasteiger partial charge in [-0.1, -0.05) is 13.0 Å². The maximum Gasteiger partial charge on any atom is 0.227 e. The fraction of sp³-hybridized carbons (Fsp3) is 0.647. The van der Waals surface area contributed by atoms with Crippen LogP contribution in [0.1, 0.15) is 18.9 Å². The molecular weight excluding hydrogens is 316 g/mol. The zero-order valence-electron chi connectivity index (χ0n) is 14.0. The molecule has 1 fully saturated rings. The molecule has 0 aromatic heterocycles. The fourth-order valence-electron chi connectivity index (χ4n) is 2.74. The highest BCUT2D eigenvalue weighted by molar-refractivity contribution is 5.43. The minimum absolute atomic E-state index is 0.117. The molecule has 1 heterocycles. The van der Waals surface area contributed by atoms with E-state index in [0.29, 0.717) is 24.3 Å². The van der Waals surface area contributed by atoms with Crippen LogP contribution in [0.3, 0.4) is 0 Å². The predicted octanol–water partition coefficient (Wildman–Crippen LogP) is 0.0740. The third kappa shape index (κ3) is 4.17. The van der Waals surface area contributed by atoms with Gasteiger partial charge >= 0.3 is 0 Å². The van der Waals surface area contributed by atoms with Crippen LogP contribution in [-0.2, 0) is 11.2 Å². The number of rotatable bonds is 7. The molecule has 1 aliphatic rings. The summed E-state index contributed by atoms with van der Waals surface area (Å²) in [5.41, 5.74) is 0.996. The van der Waals surface area contributed by atoms with Gasteiger partial charge in [-0.2, -0.15) is 0 Å². The maximum absolute atomic E-state index is 10.3. The van der Waals surface area contributed by atoms with Crippen LogP contribution in [0, 0.1) is 5.92 Å². The van der Waals surface area contributed by atoms with Gasteiger partial charge in [0.05, 0.1) is 19.8 Å². The number of ether oxygens (including phenoxy) is 3. The highest BCUT2D eigenvalue weighted by atomic mass is 16.7. The van der Waals surface area contributed by atoms with E-state index in [-0.39, 0.29) is 13.2 Å². The summed E-state index contributed by atoms with van der Waals surface area (Å²) in [5.74, 6) is 0.380. The Morgan fingerprint density at radius 3 is 2.50 bits per heavy atom. The Kier molecular flexibility index (Phi) is 6.82. The van der Waals surface area contributed by atoms with E-state index < -0.39 is 30.5 Å². The van der Waals surface area contributed by atoms with E-state index in [0.717, 1.165) is 5.56 Å². The second-order valence-electron chi connectivity index (χ2n) is 6.00. The molecule has 7 nitrogen and oxygen atoms in total. The Morgan fingerprint density at radius 2 is 1.88 bits per heavy atom. The molecule has 136 valence electrons. The molecule has 2 rings (SSSR count). The molecule has 1 saturated heterocycles. The number of hydrogen-bond acceptors (Lipinski definition) is 7. The van der Waals surface area contributed by atoms with Crippen molar-refractivity contribution in [1.29, 1.82) is 0 Å². The molecule has 0 spiro atoms. The Hall–Kier alpha value is -1.38. The Balaban J connectivity index is 2.14. The van der Waals surface area contributed by atoms with Crippen molar-refractivity contribution in [2.24, 2.45) is 5.92 Å². The monoisotopic (exact) mass is 342 g/mol. The number of hydrogen-bond donors (Lipinski definition) is 4. The lowest BCUT2D eigenvalue weighted by atomic mass is 9.91. The van der Waals surface area contributed by atoms with Gasteiger partial charge in [0.25, 0.3) is 0 Å². The number of aryl methyl sites for hydroxylation is 1. The SMILES string of the molecule is COc1cc(CCCO)ccc1OC1OC(CO)C(O)C(C)C1O. The fourth-order valence-corrected chi connectivity index (χ4v) is 2.74. The smallest absolute Gasteiger partial charge is 0.227 e. The van der Waals surface area contributed by atoms with E-state index >= 15 is 0 Å². The molecule has 7 heteroatoms. The van der Waals surface area contributed by atoms with Gasteiger partial charge in [-0.3, -0.25) is 0 Å². The second-order valence-corrected chi connectivity index (χ2v) is 6.00. The van der Waals surface area contributed by atoms with E-state index in [1.54, 1.807) is 13.0 Å². The number of aliphatic hydroxyl groups excluding tert-OH is 4. The van der Waals surface area contributed by atoms with Crippen molar-refractivity contribution in [3.05, 3.63) is 23.8 Å². The van der Waals surface area contributed by atoms with Gasteiger partial charge < -0.3 is 34.6 Å². The standard InChI is InChI=1S/C17H26O7/c1-10-15(20)14(9-19)24-17(16(10)21)23-12-6-5-11(4-3-7-18)8-13(12)22-2/h5-6,8,10,14-21H,3-4,7,9H2,1-2H3. The zero-order chi connectivity index (χ0) is 17.7.